The van der Waals surface area contributed by atoms with Crippen LogP contribution in [0.5, 0.6) is 0 Å². The van der Waals surface area contributed by atoms with Gasteiger partial charge in [0.15, 0.2) is 9.84 Å². The number of nitrogens with two attached hydrogens (primary N) is 1. The molecule has 3 nitrogen and oxygen atoms in total. The summed E-state index contributed by atoms with van der Waals surface area (Å²) in [6, 6.07) is 0. The summed E-state index contributed by atoms with van der Waals surface area (Å²) in [6.07, 6.45) is 10.5. The molecule has 0 radical (unpaired) electrons. The molecular weight excluding hydrogens is 270 g/mol. The van der Waals surface area contributed by atoms with Crippen LogP contribution in [0, 0.1) is 11.8 Å². The van der Waals surface area contributed by atoms with Crippen molar-refractivity contribution in [1.82, 2.24) is 0 Å². The van der Waals surface area contributed by atoms with E-state index < -0.39 is 9.84 Å². The van der Waals surface area contributed by atoms with Gasteiger partial charge in [-0.1, -0.05) is 45.4 Å². The molecule has 0 heterocycles. The Morgan fingerprint density at radius 1 is 1.05 bits per heavy atom. The minimum atomic E-state index is -2.98. The first-order chi connectivity index (χ1) is 9.59. The maximum atomic E-state index is 13.0. The summed E-state index contributed by atoms with van der Waals surface area (Å²) in [4.78, 5) is 0. The number of hydrogen-bond acceptors (Lipinski definition) is 3. The topological polar surface area (TPSA) is 60.2 Å². The van der Waals surface area contributed by atoms with E-state index in [1.54, 1.807) is 0 Å². The van der Waals surface area contributed by atoms with Gasteiger partial charge in [-0.25, -0.2) is 8.42 Å². The first-order valence-electron chi connectivity index (χ1n) is 8.52. The van der Waals surface area contributed by atoms with Gasteiger partial charge >= 0.3 is 0 Å². The van der Waals surface area contributed by atoms with Crippen LogP contribution in [0.1, 0.15) is 71.1 Å². The fourth-order valence-corrected chi connectivity index (χ4v) is 7.07. The van der Waals surface area contributed by atoms with E-state index in [0.717, 1.165) is 44.9 Å². The molecule has 2 N–H and O–H groups in total. The van der Waals surface area contributed by atoms with Gasteiger partial charge in [0.05, 0.1) is 10.5 Å². The second-order valence-corrected chi connectivity index (χ2v) is 9.30. The largest absolute Gasteiger partial charge is 0.330 e. The van der Waals surface area contributed by atoms with Crippen LogP contribution in [0.25, 0.3) is 0 Å². The zero-order valence-corrected chi connectivity index (χ0v) is 13.7. The highest BCUT2D eigenvalue weighted by Crippen LogP contribution is 2.39. The van der Waals surface area contributed by atoms with Crippen LogP contribution in [0.2, 0.25) is 0 Å². The van der Waals surface area contributed by atoms with Crippen LogP contribution < -0.4 is 5.73 Å². The first-order valence-corrected chi connectivity index (χ1v) is 10.1. The molecule has 0 aromatic rings. The normalized spacial score (nSPS) is 33.2. The van der Waals surface area contributed by atoms with Crippen molar-refractivity contribution in [3.63, 3.8) is 0 Å². The fraction of sp³-hybridized carbons (Fsp3) is 1.00. The molecule has 0 bridgehead atoms. The minimum Gasteiger partial charge on any atom is -0.330 e. The molecule has 3 atom stereocenters. The van der Waals surface area contributed by atoms with Crippen LogP contribution >= 0.6 is 0 Å². The molecule has 0 saturated heterocycles. The predicted molar refractivity (Wildman–Crippen MR) is 84.4 cm³/mol. The second-order valence-electron chi connectivity index (χ2n) is 6.85. The van der Waals surface area contributed by atoms with Crippen molar-refractivity contribution in [1.29, 1.82) is 0 Å². The van der Waals surface area contributed by atoms with Gasteiger partial charge in [-0.3, -0.25) is 0 Å². The van der Waals surface area contributed by atoms with E-state index in [9.17, 15) is 8.42 Å². The highest BCUT2D eigenvalue weighted by molar-refractivity contribution is 7.92. The summed E-state index contributed by atoms with van der Waals surface area (Å²) >= 11 is 0. The lowest BCUT2D eigenvalue weighted by atomic mass is 9.80. The Kier molecular flexibility index (Phi) is 5.91. The summed E-state index contributed by atoms with van der Waals surface area (Å²) < 4.78 is 26.0. The third-order valence-corrected chi connectivity index (χ3v) is 8.30. The van der Waals surface area contributed by atoms with E-state index in [0.29, 0.717) is 12.5 Å². The summed E-state index contributed by atoms with van der Waals surface area (Å²) in [5.41, 5.74) is 5.87. The summed E-state index contributed by atoms with van der Waals surface area (Å²) in [7, 11) is -2.98. The summed E-state index contributed by atoms with van der Waals surface area (Å²) in [6.45, 7) is 2.73. The number of rotatable bonds is 5. The highest BCUT2D eigenvalue weighted by atomic mass is 32.2. The molecule has 3 unspecified atom stereocenters. The van der Waals surface area contributed by atoms with Gasteiger partial charge in [0, 0.05) is 0 Å². The van der Waals surface area contributed by atoms with Crippen molar-refractivity contribution in [2.24, 2.45) is 17.6 Å². The zero-order chi connectivity index (χ0) is 14.6. The lowest BCUT2D eigenvalue weighted by Gasteiger charge is -2.38. The molecule has 2 aliphatic rings. The molecule has 2 aliphatic carbocycles. The SMILES string of the molecule is CCCC1CCC(CN)C(S(=O)(=O)C2CCCCC2)C1. The molecular formula is C16H31NO2S. The van der Waals surface area contributed by atoms with Crippen molar-refractivity contribution < 1.29 is 8.42 Å². The van der Waals surface area contributed by atoms with Crippen LogP contribution in [0.3, 0.4) is 0 Å². The molecule has 0 aromatic carbocycles. The third-order valence-electron chi connectivity index (χ3n) is 5.48. The Morgan fingerprint density at radius 3 is 2.35 bits per heavy atom. The summed E-state index contributed by atoms with van der Waals surface area (Å²) in [5, 5.41) is -0.225. The molecule has 2 fully saturated rings. The van der Waals surface area contributed by atoms with Crippen LogP contribution in [0.4, 0.5) is 0 Å². The average Bonchev–Trinajstić information content (AvgIpc) is 2.48. The zero-order valence-electron chi connectivity index (χ0n) is 12.9. The third kappa shape index (κ3) is 3.56. The molecule has 118 valence electrons. The van der Waals surface area contributed by atoms with E-state index in [1.807, 2.05) is 0 Å². The van der Waals surface area contributed by atoms with Crippen LogP contribution in [0.15, 0.2) is 0 Å². The maximum absolute atomic E-state index is 13.0. The monoisotopic (exact) mass is 301 g/mol. The fourth-order valence-electron chi connectivity index (χ4n) is 4.26. The first kappa shape index (κ1) is 16.3. The summed E-state index contributed by atoms with van der Waals surface area (Å²) in [5.74, 6) is 0.807. The smallest absolute Gasteiger partial charge is 0.156 e. The van der Waals surface area contributed by atoms with Gasteiger partial charge in [0.2, 0.25) is 0 Å². The van der Waals surface area contributed by atoms with Crippen molar-refractivity contribution in [3.05, 3.63) is 0 Å². The van der Waals surface area contributed by atoms with Crippen LogP contribution in [-0.4, -0.2) is 25.5 Å². The Bertz CT molecular complexity index is 387. The molecule has 0 spiro atoms. The Hall–Kier alpha value is -0.0900. The van der Waals surface area contributed by atoms with E-state index in [-0.39, 0.29) is 16.4 Å². The van der Waals surface area contributed by atoms with Gasteiger partial charge in [-0.2, -0.15) is 0 Å². The van der Waals surface area contributed by atoms with Gasteiger partial charge in [-0.15, -0.1) is 0 Å². The lowest BCUT2D eigenvalue weighted by molar-refractivity contribution is 0.266. The van der Waals surface area contributed by atoms with Gasteiger partial charge in [0.25, 0.3) is 0 Å². The second kappa shape index (κ2) is 7.26. The predicted octanol–water partition coefficient (Wildman–Crippen LogP) is 3.28. The molecule has 2 rings (SSSR count). The molecule has 0 aromatic heterocycles. The molecule has 2 saturated carbocycles. The molecule has 0 aliphatic heterocycles. The Labute approximate surface area is 124 Å². The van der Waals surface area contributed by atoms with Gasteiger partial charge in [0.1, 0.15) is 0 Å². The highest BCUT2D eigenvalue weighted by Gasteiger charge is 2.42. The number of hydrogen-bond donors (Lipinski definition) is 1. The van der Waals surface area contributed by atoms with E-state index >= 15 is 0 Å². The van der Waals surface area contributed by atoms with Gasteiger partial charge in [-0.05, 0) is 44.1 Å². The minimum absolute atomic E-state index is 0.0734. The van der Waals surface area contributed by atoms with Crippen LogP contribution in [-0.2, 0) is 9.84 Å². The van der Waals surface area contributed by atoms with Crippen molar-refractivity contribution in [3.8, 4) is 0 Å². The molecule has 0 amide bonds. The quantitative estimate of drug-likeness (QED) is 0.847. The number of sulfone groups is 1. The van der Waals surface area contributed by atoms with Crippen molar-refractivity contribution in [2.45, 2.75) is 81.6 Å². The maximum Gasteiger partial charge on any atom is 0.156 e. The van der Waals surface area contributed by atoms with Crippen molar-refractivity contribution >= 4 is 9.84 Å². The Balaban J connectivity index is 2.12. The van der Waals surface area contributed by atoms with E-state index in [1.165, 1.54) is 19.3 Å². The lowest BCUT2D eigenvalue weighted by Crippen LogP contribution is -2.44. The molecule has 4 heteroatoms. The average molecular weight is 301 g/mol. The van der Waals surface area contributed by atoms with Crippen molar-refractivity contribution in [2.75, 3.05) is 6.54 Å². The standard InChI is InChI=1S/C16H31NO2S/c1-2-6-13-9-10-14(12-17)16(11-13)20(18,19)15-7-4-3-5-8-15/h13-16H,2-12,17H2,1H3. The molecule has 20 heavy (non-hydrogen) atoms. The van der Waals surface area contributed by atoms with E-state index in [2.05, 4.69) is 6.92 Å². The van der Waals surface area contributed by atoms with E-state index in [4.69, 9.17) is 5.73 Å². The Morgan fingerprint density at radius 2 is 1.75 bits per heavy atom. The van der Waals surface area contributed by atoms with Gasteiger partial charge < -0.3 is 5.73 Å².